The molecule has 0 bridgehead atoms. The highest BCUT2D eigenvalue weighted by Crippen LogP contribution is 2.06. The van der Waals surface area contributed by atoms with Crippen molar-refractivity contribution in [3.63, 3.8) is 0 Å². The molecule has 20 heteroatoms. The van der Waals surface area contributed by atoms with Crippen LogP contribution in [0.25, 0.3) is 0 Å². The Morgan fingerprint density at radius 2 is 0.694 bits per heavy atom. The van der Waals surface area contributed by atoms with Crippen LogP contribution in [0.3, 0.4) is 0 Å². The number of nitrogens with one attached hydrogen (secondary N) is 3. The van der Waals surface area contributed by atoms with Crippen molar-refractivity contribution in [3.05, 3.63) is 108 Å². The third-order valence-electron chi connectivity index (χ3n) is 9.21. The zero-order chi connectivity index (χ0) is 44.5. The minimum atomic E-state index is -1.29. The maximum atomic E-state index is 13.6. The zero-order valence-corrected chi connectivity index (χ0v) is 34.1. The maximum absolute atomic E-state index is 13.6. The van der Waals surface area contributed by atoms with Gasteiger partial charge in [-0.3, -0.25) is 19.2 Å². The van der Waals surface area contributed by atoms with Crippen molar-refractivity contribution < 1.29 is 62.4 Å². The number of nitrogens with zero attached hydrogens (tertiary/aromatic N) is 4. The number of aliphatic carboxylic acids is 1. The Morgan fingerprint density at radius 3 is 0.968 bits per heavy atom. The molecule has 1 fully saturated rings. The van der Waals surface area contributed by atoms with Crippen molar-refractivity contribution >= 4 is 47.9 Å². The van der Waals surface area contributed by atoms with E-state index in [0.29, 0.717) is 0 Å². The van der Waals surface area contributed by atoms with Gasteiger partial charge < -0.3 is 59.6 Å². The van der Waals surface area contributed by atoms with Gasteiger partial charge in [0.1, 0.15) is 52.7 Å². The lowest BCUT2D eigenvalue weighted by atomic mass is 10.2. The number of ether oxygens (including phenoxy) is 4. The van der Waals surface area contributed by atoms with E-state index in [0.717, 1.165) is 16.7 Å². The lowest BCUT2D eigenvalue weighted by Gasteiger charge is -2.34. The SMILES string of the molecule is O=C(O)COCC(=O)N1CCN(C(=O)CNC(=O)OCc2ccccc2)CCN(C(=O)CNC(=O)OCc2ccccc2)CCN(C(=O)CNC(=O)OCc2ccccc2)CC1. The third kappa shape index (κ3) is 18.0. The first-order valence-corrected chi connectivity index (χ1v) is 19.7. The number of rotatable bonds is 16. The first-order valence-electron chi connectivity index (χ1n) is 19.7. The molecule has 4 rings (SSSR count). The van der Waals surface area contributed by atoms with E-state index in [1.807, 2.05) is 18.2 Å². The van der Waals surface area contributed by atoms with Crippen molar-refractivity contribution in [1.29, 1.82) is 0 Å². The van der Waals surface area contributed by atoms with Gasteiger partial charge in [-0.1, -0.05) is 91.0 Å². The Bertz CT molecular complexity index is 1850. The molecule has 0 saturated carbocycles. The molecule has 0 spiro atoms. The number of carboxylic acid groups (broad SMARTS) is 1. The van der Waals surface area contributed by atoms with Crippen LogP contribution < -0.4 is 16.0 Å². The smallest absolute Gasteiger partial charge is 0.407 e. The van der Waals surface area contributed by atoms with E-state index in [1.165, 1.54) is 19.6 Å². The topological polar surface area (TPSA) is 243 Å². The molecule has 1 aliphatic heterocycles. The molecule has 0 aromatic heterocycles. The fourth-order valence-corrected chi connectivity index (χ4v) is 5.83. The summed E-state index contributed by atoms with van der Waals surface area (Å²) < 4.78 is 20.7. The van der Waals surface area contributed by atoms with Gasteiger partial charge in [-0.2, -0.15) is 0 Å². The van der Waals surface area contributed by atoms with E-state index < -0.39 is 80.7 Å². The summed E-state index contributed by atoms with van der Waals surface area (Å²) in [5, 5.41) is 16.3. The molecule has 332 valence electrons. The lowest BCUT2D eigenvalue weighted by Crippen LogP contribution is -2.53. The number of benzene rings is 3. The normalized spacial score (nSPS) is 13.4. The molecule has 0 unspecified atom stereocenters. The van der Waals surface area contributed by atoms with Gasteiger partial charge in [0.25, 0.3) is 0 Å². The monoisotopic (exact) mass is 861 g/mol. The number of carbonyl (C=O) groups is 8. The molecular weight excluding hydrogens is 810 g/mol. The molecule has 3 aromatic rings. The molecule has 0 atom stereocenters. The summed E-state index contributed by atoms with van der Waals surface area (Å²) in [4.78, 5) is 108. The van der Waals surface area contributed by atoms with Crippen molar-refractivity contribution in [2.45, 2.75) is 19.8 Å². The number of hydrogen-bond donors (Lipinski definition) is 4. The predicted octanol–water partition coefficient (Wildman–Crippen LogP) is 1.19. The fraction of sp³-hybridized carbons (Fsp3) is 0.381. The maximum Gasteiger partial charge on any atom is 0.407 e. The summed E-state index contributed by atoms with van der Waals surface area (Å²) in [5.41, 5.74) is 2.20. The van der Waals surface area contributed by atoms with Crippen LogP contribution >= 0.6 is 0 Å². The van der Waals surface area contributed by atoms with Crippen LogP contribution in [0, 0.1) is 0 Å². The minimum absolute atomic E-state index is 0.0361. The second-order valence-electron chi connectivity index (χ2n) is 13.7. The Balaban J connectivity index is 1.46. The molecule has 0 aliphatic carbocycles. The summed E-state index contributed by atoms with van der Waals surface area (Å²) in [6.45, 7) is -3.81. The molecule has 20 nitrogen and oxygen atoms in total. The van der Waals surface area contributed by atoms with Crippen molar-refractivity contribution in [3.8, 4) is 0 Å². The number of amides is 7. The largest absolute Gasteiger partial charge is 0.480 e. The van der Waals surface area contributed by atoms with Gasteiger partial charge in [0.05, 0.1) is 0 Å². The predicted molar refractivity (Wildman–Crippen MR) is 219 cm³/mol. The van der Waals surface area contributed by atoms with E-state index >= 15 is 0 Å². The van der Waals surface area contributed by atoms with E-state index in [9.17, 15) is 38.4 Å². The number of carboxylic acids is 1. The van der Waals surface area contributed by atoms with Gasteiger partial charge in [0.15, 0.2) is 0 Å². The van der Waals surface area contributed by atoms with Gasteiger partial charge in [-0.05, 0) is 16.7 Å². The summed E-state index contributed by atoms with van der Waals surface area (Å²) in [5.74, 6) is -3.65. The Morgan fingerprint density at radius 1 is 0.419 bits per heavy atom. The van der Waals surface area contributed by atoms with Crippen LogP contribution in [-0.4, -0.2) is 158 Å². The molecule has 1 saturated heterocycles. The minimum Gasteiger partial charge on any atom is -0.480 e. The fourth-order valence-electron chi connectivity index (χ4n) is 5.83. The van der Waals surface area contributed by atoms with Gasteiger partial charge in [-0.25, -0.2) is 19.2 Å². The van der Waals surface area contributed by atoms with Crippen LogP contribution in [0.4, 0.5) is 14.4 Å². The van der Waals surface area contributed by atoms with E-state index in [2.05, 4.69) is 16.0 Å². The van der Waals surface area contributed by atoms with Gasteiger partial charge >= 0.3 is 24.2 Å². The van der Waals surface area contributed by atoms with Crippen molar-refractivity contribution in [2.24, 2.45) is 0 Å². The number of alkyl carbamates (subject to hydrolysis) is 3. The van der Waals surface area contributed by atoms with Crippen molar-refractivity contribution in [2.75, 3.05) is 85.2 Å². The molecular formula is C42H51N7O13. The molecule has 3 aromatic carbocycles. The Labute approximate surface area is 358 Å². The average Bonchev–Trinajstić information content (AvgIpc) is 3.28. The quantitative estimate of drug-likeness (QED) is 0.148. The molecule has 1 aliphatic rings. The standard InChI is InChI=1S/C42H51N7O13/c50-35(24-43-40(56)60-27-32-10-4-1-5-11-32)46-16-18-47(36(51)25-44-41(57)61-28-33-12-6-2-7-13-33)20-22-49(38(53)30-59-31-39(54)55)23-21-48(19-17-46)37(52)26-45-42(58)62-29-34-14-8-3-9-15-34/h1-15H,16-31H2,(H,43,56)(H,44,57)(H,45,58)(H,54,55). The van der Waals surface area contributed by atoms with E-state index in [1.54, 1.807) is 72.8 Å². The summed E-state index contributed by atoms with van der Waals surface area (Å²) >= 11 is 0. The van der Waals surface area contributed by atoms with Crippen LogP contribution in [-0.2, 0) is 62.7 Å². The zero-order valence-electron chi connectivity index (χ0n) is 34.1. The number of hydrogen-bond acceptors (Lipinski definition) is 12. The first-order chi connectivity index (χ1) is 30.0. The molecule has 0 radical (unpaired) electrons. The Hall–Kier alpha value is -7.22. The van der Waals surface area contributed by atoms with Gasteiger partial charge in [0.2, 0.25) is 23.6 Å². The summed E-state index contributed by atoms with van der Waals surface area (Å²) in [6, 6.07) is 26.7. The highest BCUT2D eigenvalue weighted by molar-refractivity contribution is 5.85. The molecule has 4 N–H and O–H groups in total. The second-order valence-corrected chi connectivity index (χ2v) is 13.7. The second kappa shape index (κ2) is 26.1. The molecule has 1 heterocycles. The third-order valence-corrected chi connectivity index (χ3v) is 9.21. The van der Waals surface area contributed by atoms with E-state index in [4.69, 9.17) is 24.1 Å². The van der Waals surface area contributed by atoms with E-state index in [-0.39, 0.29) is 72.2 Å². The lowest BCUT2D eigenvalue weighted by molar-refractivity contribution is -0.147. The number of carbonyl (C=O) groups excluding carboxylic acids is 7. The Kier molecular flexibility index (Phi) is 20.0. The van der Waals surface area contributed by atoms with Gasteiger partial charge in [-0.15, -0.1) is 0 Å². The average molecular weight is 862 g/mol. The first kappa shape index (κ1) is 47.5. The summed E-state index contributed by atoms with van der Waals surface area (Å²) in [7, 11) is 0. The van der Waals surface area contributed by atoms with Crippen LogP contribution in [0.1, 0.15) is 16.7 Å². The highest BCUT2D eigenvalue weighted by atomic mass is 16.6. The van der Waals surface area contributed by atoms with Crippen LogP contribution in [0.5, 0.6) is 0 Å². The molecule has 7 amide bonds. The van der Waals surface area contributed by atoms with Gasteiger partial charge in [0, 0.05) is 52.4 Å². The van der Waals surface area contributed by atoms with Crippen molar-refractivity contribution in [1.82, 2.24) is 35.6 Å². The van der Waals surface area contributed by atoms with Crippen LogP contribution in [0.2, 0.25) is 0 Å². The highest BCUT2D eigenvalue weighted by Gasteiger charge is 2.26. The summed E-state index contributed by atoms with van der Waals surface area (Å²) in [6.07, 6.45) is -2.55. The van der Waals surface area contributed by atoms with Crippen LogP contribution in [0.15, 0.2) is 91.0 Å². The molecule has 62 heavy (non-hydrogen) atoms.